The first-order valence-corrected chi connectivity index (χ1v) is 7.13. The number of fused-ring (bicyclic) bond motifs is 1. The van der Waals surface area contributed by atoms with Crippen LogP contribution in [0.3, 0.4) is 0 Å². The fourth-order valence-electron chi connectivity index (χ4n) is 2.78. The Balaban J connectivity index is 1.74. The molecule has 2 unspecified atom stereocenters. The average Bonchev–Trinajstić information content (AvgIpc) is 2.36. The van der Waals surface area contributed by atoms with Gasteiger partial charge >= 0.3 is 0 Å². The molecule has 0 amide bonds. The van der Waals surface area contributed by atoms with Crippen LogP contribution in [-0.4, -0.2) is 0 Å². The lowest BCUT2D eigenvalue weighted by Crippen LogP contribution is -2.22. The molecule has 2 atom stereocenters. The third-order valence-electron chi connectivity index (χ3n) is 3.80. The van der Waals surface area contributed by atoms with Crippen LogP contribution in [0.1, 0.15) is 35.1 Å². The minimum absolute atomic E-state index is 0.110. The molecule has 1 nitrogen and oxygen atoms in total. The maximum atomic E-state index is 6.33. The second kappa shape index (κ2) is 4.87. The quantitative estimate of drug-likeness (QED) is 0.904. The standard InChI is InChI=1S/C16H16BrN/c17-15-8-4-3-7-14(15)16(18)10-12-9-11-5-1-2-6-13(11)12/h1-8,12,16H,9-10,18H2. The summed E-state index contributed by atoms with van der Waals surface area (Å²) in [6.45, 7) is 0. The Morgan fingerprint density at radius 3 is 2.61 bits per heavy atom. The topological polar surface area (TPSA) is 26.0 Å². The van der Waals surface area contributed by atoms with Crippen LogP contribution < -0.4 is 5.73 Å². The number of hydrogen-bond acceptors (Lipinski definition) is 1. The van der Waals surface area contributed by atoms with Gasteiger partial charge in [0.2, 0.25) is 0 Å². The van der Waals surface area contributed by atoms with Gasteiger partial charge in [-0.1, -0.05) is 58.4 Å². The molecule has 0 fully saturated rings. The highest BCUT2D eigenvalue weighted by Gasteiger charge is 2.27. The molecular formula is C16H16BrN. The van der Waals surface area contributed by atoms with Crippen LogP contribution in [0.25, 0.3) is 0 Å². The van der Waals surface area contributed by atoms with E-state index in [1.165, 1.54) is 23.1 Å². The van der Waals surface area contributed by atoms with Crippen molar-refractivity contribution in [2.45, 2.75) is 24.8 Å². The Bertz CT molecular complexity index is 565. The van der Waals surface area contributed by atoms with Crippen molar-refractivity contribution in [2.24, 2.45) is 5.73 Å². The van der Waals surface area contributed by atoms with Crippen molar-refractivity contribution < 1.29 is 0 Å². The van der Waals surface area contributed by atoms with E-state index in [0.717, 1.165) is 10.9 Å². The molecule has 2 aromatic carbocycles. The lowest BCUT2D eigenvalue weighted by molar-refractivity contribution is 0.497. The van der Waals surface area contributed by atoms with Crippen molar-refractivity contribution in [1.82, 2.24) is 0 Å². The van der Waals surface area contributed by atoms with E-state index >= 15 is 0 Å². The molecule has 2 aromatic rings. The van der Waals surface area contributed by atoms with Gasteiger partial charge in [0.25, 0.3) is 0 Å². The van der Waals surface area contributed by atoms with Crippen LogP contribution in [0, 0.1) is 0 Å². The summed E-state index contributed by atoms with van der Waals surface area (Å²) in [5, 5.41) is 0. The lowest BCUT2D eigenvalue weighted by Gasteiger charge is -2.32. The third kappa shape index (κ3) is 2.11. The van der Waals surface area contributed by atoms with E-state index in [2.05, 4.69) is 58.4 Å². The van der Waals surface area contributed by atoms with E-state index in [1.54, 1.807) is 0 Å². The zero-order chi connectivity index (χ0) is 12.5. The number of halogens is 1. The summed E-state index contributed by atoms with van der Waals surface area (Å²) in [6, 6.07) is 17.0. The molecule has 0 aromatic heterocycles. The monoisotopic (exact) mass is 301 g/mol. The minimum Gasteiger partial charge on any atom is -0.324 e. The normalized spacial score (nSPS) is 18.9. The molecule has 1 aliphatic rings. The van der Waals surface area contributed by atoms with Gasteiger partial charge in [-0.3, -0.25) is 0 Å². The Labute approximate surface area is 116 Å². The van der Waals surface area contributed by atoms with Gasteiger partial charge in [-0.25, -0.2) is 0 Å². The fraction of sp³-hybridized carbons (Fsp3) is 0.250. The van der Waals surface area contributed by atoms with E-state index in [-0.39, 0.29) is 6.04 Å². The molecule has 0 bridgehead atoms. The first-order valence-electron chi connectivity index (χ1n) is 6.33. The first-order chi connectivity index (χ1) is 8.75. The summed E-state index contributed by atoms with van der Waals surface area (Å²) in [4.78, 5) is 0. The third-order valence-corrected chi connectivity index (χ3v) is 4.53. The van der Waals surface area contributed by atoms with E-state index in [0.29, 0.717) is 5.92 Å². The molecule has 92 valence electrons. The maximum absolute atomic E-state index is 6.33. The van der Waals surface area contributed by atoms with Crippen LogP contribution in [0.5, 0.6) is 0 Å². The largest absolute Gasteiger partial charge is 0.324 e. The van der Waals surface area contributed by atoms with Crippen LogP contribution in [0.15, 0.2) is 53.0 Å². The SMILES string of the molecule is NC(CC1Cc2ccccc21)c1ccccc1Br. The van der Waals surface area contributed by atoms with Crippen molar-refractivity contribution in [3.8, 4) is 0 Å². The molecule has 0 aliphatic heterocycles. The Morgan fingerprint density at radius 2 is 1.83 bits per heavy atom. The van der Waals surface area contributed by atoms with E-state index in [9.17, 15) is 0 Å². The molecule has 1 aliphatic carbocycles. The molecule has 3 rings (SSSR count). The predicted molar refractivity (Wildman–Crippen MR) is 78.6 cm³/mol. The van der Waals surface area contributed by atoms with Gasteiger partial charge in [0.15, 0.2) is 0 Å². The zero-order valence-electron chi connectivity index (χ0n) is 10.1. The maximum Gasteiger partial charge on any atom is 0.0312 e. The average molecular weight is 302 g/mol. The Kier molecular flexibility index (Phi) is 3.23. The lowest BCUT2D eigenvalue weighted by atomic mass is 9.74. The van der Waals surface area contributed by atoms with Crippen LogP contribution in [-0.2, 0) is 6.42 Å². The van der Waals surface area contributed by atoms with Gasteiger partial charge in [-0.15, -0.1) is 0 Å². The summed E-state index contributed by atoms with van der Waals surface area (Å²) < 4.78 is 1.12. The van der Waals surface area contributed by atoms with Crippen molar-refractivity contribution in [3.05, 3.63) is 69.7 Å². The second-order valence-corrected chi connectivity index (χ2v) is 5.82. The van der Waals surface area contributed by atoms with Crippen molar-refractivity contribution in [3.63, 3.8) is 0 Å². The van der Waals surface area contributed by atoms with E-state index in [4.69, 9.17) is 5.73 Å². The van der Waals surface area contributed by atoms with Gasteiger partial charge in [0.05, 0.1) is 0 Å². The van der Waals surface area contributed by atoms with Crippen LogP contribution in [0.4, 0.5) is 0 Å². The molecule has 0 heterocycles. The fourth-order valence-corrected chi connectivity index (χ4v) is 3.36. The van der Waals surface area contributed by atoms with Gasteiger partial charge < -0.3 is 5.73 Å². The second-order valence-electron chi connectivity index (χ2n) is 4.96. The summed E-state index contributed by atoms with van der Waals surface area (Å²) in [5.74, 6) is 0.628. The molecular weight excluding hydrogens is 286 g/mol. The molecule has 0 radical (unpaired) electrons. The zero-order valence-corrected chi connectivity index (χ0v) is 11.7. The number of hydrogen-bond donors (Lipinski definition) is 1. The summed E-state index contributed by atoms with van der Waals surface area (Å²) in [6.07, 6.45) is 2.20. The number of nitrogens with two attached hydrogens (primary N) is 1. The Morgan fingerprint density at radius 1 is 1.11 bits per heavy atom. The van der Waals surface area contributed by atoms with Gasteiger partial charge in [-0.05, 0) is 41.5 Å². The van der Waals surface area contributed by atoms with E-state index in [1.807, 2.05) is 6.07 Å². The van der Waals surface area contributed by atoms with Crippen molar-refractivity contribution >= 4 is 15.9 Å². The van der Waals surface area contributed by atoms with E-state index < -0.39 is 0 Å². The summed E-state index contributed by atoms with van der Waals surface area (Å²) >= 11 is 3.58. The molecule has 0 saturated heterocycles. The molecule has 2 N–H and O–H groups in total. The highest BCUT2D eigenvalue weighted by Crippen LogP contribution is 2.40. The van der Waals surface area contributed by atoms with Crippen molar-refractivity contribution in [1.29, 1.82) is 0 Å². The first kappa shape index (κ1) is 11.9. The van der Waals surface area contributed by atoms with Gasteiger partial charge in [0, 0.05) is 10.5 Å². The van der Waals surface area contributed by atoms with Gasteiger partial charge in [0.1, 0.15) is 0 Å². The molecule has 2 heteroatoms. The van der Waals surface area contributed by atoms with Crippen LogP contribution in [0.2, 0.25) is 0 Å². The predicted octanol–water partition coefficient (Wildman–Crippen LogP) is 4.18. The Hall–Kier alpha value is -1.12. The summed E-state index contributed by atoms with van der Waals surface area (Å²) in [5.41, 5.74) is 10.5. The number of rotatable bonds is 3. The van der Waals surface area contributed by atoms with Crippen molar-refractivity contribution in [2.75, 3.05) is 0 Å². The highest BCUT2D eigenvalue weighted by molar-refractivity contribution is 9.10. The number of benzene rings is 2. The summed E-state index contributed by atoms with van der Waals surface area (Å²) in [7, 11) is 0. The molecule has 0 saturated carbocycles. The highest BCUT2D eigenvalue weighted by atomic mass is 79.9. The minimum atomic E-state index is 0.110. The van der Waals surface area contributed by atoms with Crippen LogP contribution >= 0.6 is 15.9 Å². The molecule has 18 heavy (non-hydrogen) atoms. The smallest absolute Gasteiger partial charge is 0.0312 e. The molecule has 0 spiro atoms. The van der Waals surface area contributed by atoms with Gasteiger partial charge in [-0.2, -0.15) is 0 Å².